The van der Waals surface area contributed by atoms with Crippen molar-refractivity contribution >= 4 is 11.8 Å². The largest absolute Gasteiger partial charge is 0.347 e. The van der Waals surface area contributed by atoms with Crippen LogP contribution in [0.2, 0.25) is 0 Å². The van der Waals surface area contributed by atoms with Crippen molar-refractivity contribution in [1.29, 1.82) is 0 Å². The molecule has 0 saturated carbocycles. The van der Waals surface area contributed by atoms with Gasteiger partial charge in [0.05, 0.1) is 16.8 Å². The molecule has 5 aromatic rings. The van der Waals surface area contributed by atoms with Crippen LogP contribution in [-0.4, -0.2) is 33.2 Å². The van der Waals surface area contributed by atoms with Crippen molar-refractivity contribution in [3.05, 3.63) is 161 Å². The molecule has 2 heterocycles. The standard InChI is InChI=1S/C32H25N3O2/c36-29-27-18-10-11-19-28(27)30(37)35(29)21-20-26-22-33-31(34-26)32(23-12-4-1-5-13-23,24-14-6-2-7-15-24)25-16-8-3-9-17-25/h1-19,22H,20-21H2,(H,33,34). The summed E-state index contributed by atoms with van der Waals surface area (Å²) in [4.78, 5) is 35.5. The highest BCUT2D eigenvalue weighted by Gasteiger charge is 2.41. The molecule has 0 bridgehead atoms. The van der Waals surface area contributed by atoms with E-state index in [9.17, 15) is 9.59 Å². The molecule has 1 N–H and O–H groups in total. The molecule has 0 radical (unpaired) electrons. The zero-order chi connectivity index (χ0) is 25.2. The van der Waals surface area contributed by atoms with Gasteiger partial charge >= 0.3 is 0 Å². The summed E-state index contributed by atoms with van der Waals surface area (Å²) >= 11 is 0. The minimum Gasteiger partial charge on any atom is -0.347 e. The first-order valence-corrected chi connectivity index (χ1v) is 12.4. The predicted octanol–water partition coefficient (Wildman–Crippen LogP) is 5.63. The molecule has 1 aromatic heterocycles. The maximum atomic E-state index is 12.8. The first kappa shape index (κ1) is 22.7. The van der Waals surface area contributed by atoms with Gasteiger partial charge in [0.25, 0.3) is 11.8 Å². The van der Waals surface area contributed by atoms with Gasteiger partial charge in [-0.2, -0.15) is 0 Å². The number of benzene rings is 4. The molecule has 0 fully saturated rings. The van der Waals surface area contributed by atoms with Gasteiger partial charge in [-0.25, -0.2) is 4.98 Å². The topological polar surface area (TPSA) is 66.1 Å². The third-order valence-electron chi connectivity index (χ3n) is 7.08. The Hall–Kier alpha value is -4.77. The number of carbonyl (C=O) groups excluding carboxylic acids is 2. The minimum atomic E-state index is -0.669. The molecular formula is C32H25N3O2. The van der Waals surface area contributed by atoms with Crippen LogP contribution >= 0.6 is 0 Å². The fourth-order valence-electron chi connectivity index (χ4n) is 5.32. The van der Waals surface area contributed by atoms with Crippen molar-refractivity contribution in [2.24, 2.45) is 0 Å². The van der Waals surface area contributed by atoms with Crippen LogP contribution in [0, 0.1) is 0 Å². The van der Waals surface area contributed by atoms with Crippen LogP contribution < -0.4 is 0 Å². The van der Waals surface area contributed by atoms with Gasteiger partial charge in [-0.05, 0) is 28.8 Å². The third-order valence-corrected chi connectivity index (χ3v) is 7.08. The quantitative estimate of drug-likeness (QED) is 0.241. The van der Waals surface area contributed by atoms with Crippen LogP contribution in [0.15, 0.2) is 121 Å². The number of rotatable bonds is 7. The molecule has 0 aliphatic carbocycles. The van der Waals surface area contributed by atoms with Crippen LogP contribution in [0.5, 0.6) is 0 Å². The number of amides is 2. The molecule has 6 rings (SSSR count). The summed E-state index contributed by atoms with van der Waals surface area (Å²) in [7, 11) is 0. The lowest BCUT2D eigenvalue weighted by Gasteiger charge is -2.34. The Labute approximate surface area is 215 Å². The van der Waals surface area contributed by atoms with Gasteiger partial charge in [0.2, 0.25) is 0 Å². The minimum absolute atomic E-state index is 0.247. The van der Waals surface area contributed by atoms with E-state index in [0.717, 1.165) is 28.2 Å². The van der Waals surface area contributed by atoms with Gasteiger partial charge in [-0.3, -0.25) is 14.5 Å². The van der Waals surface area contributed by atoms with Crippen molar-refractivity contribution in [3.8, 4) is 0 Å². The van der Waals surface area contributed by atoms with E-state index in [0.29, 0.717) is 17.5 Å². The average Bonchev–Trinajstić information content (AvgIpc) is 3.53. The number of imide groups is 1. The van der Waals surface area contributed by atoms with E-state index in [2.05, 4.69) is 41.4 Å². The number of hydrogen-bond acceptors (Lipinski definition) is 3. The smallest absolute Gasteiger partial charge is 0.261 e. The summed E-state index contributed by atoms with van der Waals surface area (Å²) < 4.78 is 0. The van der Waals surface area contributed by atoms with E-state index < -0.39 is 5.41 Å². The molecule has 0 spiro atoms. The van der Waals surface area contributed by atoms with Gasteiger partial charge < -0.3 is 4.98 Å². The SMILES string of the molecule is O=C1c2ccccc2C(=O)N1CCc1c[nH]c(C(c2ccccc2)(c2ccccc2)c2ccccc2)n1. The Kier molecular flexibility index (Phi) is 5.73. The van der Waals surface area contributed by atoms with E-state index in [1.54, 1.807) is 24.3 Å². The molecule has 2 amide bonds. The lowest BCUT2D eigenvalue weighted by Crippen LogP contribution is -2.33. The lowest BCUT2D eigenvalue weighted by atomic mass is 9.69. The summed E-state index contributed by atoms with van der Waals surface area (Å²) in [6, 6.07) is 38.0. The number of hydrogen-bond donors (Lipinski definition) is 1. The summed E-state index contributed by atoms with van der Waals surface area (Å²) in [5, 5.41) is 0. The van der Waals surface area contributed by atoms with Crippen LogP contribution in [0.1, 0.15) is 48.9 Å². The Morgan fingerprint density at radius 3 is 1.51 bits per heavy atom. The number of aromatic nitrogens is 2. The molecule has 0 unspecified atom stereocenters. The molecular weight excluding hydrogens is 458 g/mol. The lowest BCUT2D eigenvalue weighted by molar-refractivity contribution is 0.0656. The van der Waals surface area contributed by atoms with E-state index in [4.69, 9.17) is 4.98 Å². The maximum absolute atomic E-state index is 12.8. The number of imidazole rings is 1. The Morgan fingerprint density at radius 2 is 1.05 bits per heavy atom. The molecule has 180 valence electrons. The monoisotopic (exact) mass is 483 g/mol. The number of aromatic amines is 1. The van der Waals surface area contributed by atoms with Crippen LogP contribution in [0.3, 0.4) is 0 Å². The summed E-state index contributed by atoms with van der Waals surface area (Å²) in [5.41, 5.74) is 4.32. The van der Waals surface area contributed by atoms with Crippen molar-refractivity contribution in [2.75, 3.05) is 6.54 Å². The van der Waals surface area contributed by atoms with E-state index in [1.807, 2.05) is 60.8 Å². The van der Waals surface area contributed by atoms with Crippen LogP contribution in [0.25, 0.3) is 0 Å². The van der Waals surface area contributed by atoms with Crippen LogP contribution in [-0.2, 0) is 11.8 Å². The third kappa shape index (κ3) is 3.76. The Morgan fingerprint density at radius 1 is 0.622 bits per heavy atom. The molecule has 4 aromatic carbocycles. The molecule has 1 aliphatic rings. The van der Waals surface area contributed by atoms with E-state index in [-0.39, 0.29) is 18.4 Å². The number of H-pyrrole nitrogens is 1. The van der Waals surface area contributed by atoms with Crippen LogP contribution in [0.4, 0.5) is 0 Å². The van der Waals surface area contributed by atoms with Gasteiger partial charge in [0.15, 0.2) is 0 Å². The Balaban J connectivity index is 1.40. The number of nitrogens with one attached hydrogen (secondary N) is 1. The molecule has 0 atom stereocenters. The van der Waals surface area contributed by atoms with Crippen molar-refractivity contribution in [1.82, 2.24) is 14.9 Å². The average molecular weight is 484 g/mol. The summed E-state index contributed by atoms with van der Waals surface area (Å²) in [6.07, 6.45) is 2.34. The molecule has 37 heavy (non-hydrogen) atoms. The number of nitrogens with zero attached hydrogens (tertiary/aromatic N) is 2. The van der Waals surface area contributed by atoms with Crippen molar-refractivity contribution < 1.29 is 9.59 Å². The van der Waals surface area contributed by atoms with Crippen molar-refractivity contribution in [2.45, 2.75) is 11.8 Å². The van der Waals surface area contributed by atoms with Crippen molar-refractivity contribution in [3.63, 3.8) is 0 Å². The van der Waals surface area contributed by atoms with Gasteiger partial charge in [0.1, 0.15) is 11.2 Å². The zero-order valence-corrected chi connectivity index (χ0v) is 20.2. The van der Waals surface area contributed by atoms with Gasteiger partial charge in [0, 0.05) is 19.2 Å². The summed E-state index contributed by atoms with van der Waals surface area (Å²) in [6.45, 7) is 0.269. The second-order valence-electron chi connectivity index (χ2n) is 9.15. The maximum Gasteiger partial charge on any atom is 0.261 e. The number of carbonyl (C=O) groups is 2. The first-order valence-electron chi connectivity index (χ1n) is 12.4. The van der Waals surface area contributed by atoms with E-state index in [1.165, 1.54) is 4.90 Å². The summed E-state index contributed by atoms with van der Waals surface area (Å²) in [5.74, 6) is 0.292. The fraction of sp³-hybridized carbons (Fsp3) is 0.0938. The zero-order valence-electron chi connectivity index (χ0n) is 20.2. The van der Waals surface area contributed by atoms with Gasteiger partial charge in [-0.15, -0.1) is 0 Å². The molecule has 5 nitrogen and oxygen atoms in total. The first-order chi connectivity index (χ1) is 18.2. The number of fused-ring (bicyclic) bond motifs is 1. The predicted molar refractivity (Wildman–Crippen MR) is 142 cm³/mol. The fourth-order valence-corrected chi connectivity index (χ4v) is 5.32. The normalized spacial score (nSPS) is 13.1. The second-order valence-corrected chi connectivity index (χ2v) is 9.15. The highest BCUT2D eigenvalue weighted by Crippen LogP contribution is 2.43. The highest BCUT2D eigenvalue weighted by atomic mass is 16.2. The molecule has 5 heteroatoms. The van der Waals surface area contributed by atoms with Gasteiger partial charge in [-0.1, -0.05) is 103 Å². The Bertz CT molecular complexity index is 1430. The highest BCUT2D eigenvalue weighted by molar-refractivity contribution is 6.21. The molecule has 0 saturated heterocycles. The molecule has 1 aliphatic heterocycles. The van der Waals surface area contributed by atoms with E-state index >= 15 is 0 Å². The second kappa shape index (κ2) is 9.36.